The first kappa shape index (κ1) is 19.9. The highest BCUT2D eigenvalue weighted by molar-refractivity contribution is 14.1. The van der Waals surface area contributed by atoms with E-state index in [1.54, 1.807) is 6.07 Å². The minimum Gasteiger partial charge on any atom is -0.350 e. The number of halogens is 2. The predicted molar refractivity (Wildman–Crippen MR) is 118 cm³/mol. The van der Waals surface area contributed by atoms with E-state index in [0.29, 0.717) is 5.69 Å². The maximum atomic E-state index is 12.9. The van der Waals surface area contributed by atoms with Gasteiger partial charge in [0.15, 0.2) is 0 Å². The summed E-state index contributed by atoms with van der Waals surface area (Å²) in [5.74, 6) is -0.947. The summed E-state index contributed by atoms with van der Waals surface area (Å²) in [7, 11) is 0. The average Bonchev–Trinajstić information content (AvgIpc) is 2.85. The van der Waals surface area contributed by atoms with E-state index in [9.17, 15) is 9.59 Å². The van der Waals surface area contributed by atoms with Gasteiger partial charge in [-0.2, -0.15) is 0 Å². The number of hydrogen-bond donors (Lipinski definition) is 1. The molecule has 27 heavy (non-hydrogen) atoms. The lowest BCUT2D eigenvalue weighted by Gasteiger charge is -2.17. The van der Waals surface area contributed by atoms with Crippen LogP contribution >= 0.6 is 34.2 Å². The van der Waals surface area contributed by atoms with Crippen LogP contribution in [0.5, 0.6) is 0 Å². The van der Waals surface area contributed by atoms with Gasteiger partial charge in [0.1, 0.15) is 10.7 Å². The molecule has 2 amide bonds. The van der Waals surface area contributed by atoms with Gasteiger partial charge in [0.25, 0.3) is 11.8 Å². The van der Waals surface area contributed by atoms with Gasteiger partial charge in [0, 0.05) is 9.26 Å². The number of aryl methyl sites for hydroxylation is 2. The lowest BCUT2D eigenvalue weighted by atomic mass is 10.1. The molecule has 0 bridgehead atoms. The zero-order chi connectivity index (χ0) is 19.6. The molecule has 6 heteroatoms. The molecular formula is C21H20ClIN2O2. The van der Waals surface area contributed by atoms with E-state index < -0.39 is 11.8 Å². The molecule has 0 spiro atoms. The van der Waals surface area contributed by atoms with Gasteiger partial charge in [-0.15, -0.1) is 0 Å². The second kappa shape index (κ2) is 8.44. The van der Waals surface area contributed by atoms with Gasteiger partial charge in [-0.25, -0.2) is 4.90 Å². The Morgan fingerprint density at radius 2 is 1.78 bits per heavy atom. The Labute approximate surface area is 177 Å². The molecule has 0 atom stereocenters. The van der Waals surface area contributed by atoms with Crippen molar-refractivity contribution in [3.05, 3.63) is 67.9 Å². The zero-order valence-electron chi connectivity index (χ0n) is 15.2. The average molecular weight is 495 g/mol. The van der Waals surface area contributed by atoms with Gasteiger partial charge in [0.05, 0.1) is 5.69 Å². The number of carbonyl (C=O) groups is 2. The number of nitrogens with zero attached hydrogens (tertiary/aromatic N) is 1. The maximum absolute atomic E-state index is 12.9. The summed E-state index contributed by atoms with van der Waals surface area (Å²) in [5, 5.41) is 2.93. The summed E-state index contributed by atoms with van der Waals surface area (Å²) in [6.45, 7) is 4.03. The standard InChI is InChI=1S/C21H20ClIN2O2/c1-3-4-5-14-6-9-16(10-7-14)24-19-18(22)20(26)25(21(19)27)17-11-8-15(23)12-13(17)2/h6-12,24H,3-5H2,1-2H3. The van der Waals surface area contributed by atoms with Crippen molar-refractivity contribution in [3.63, 3.8) is 0 Å². The number of carbonyl (C=O) groups excluding carboxylic acids is 2. The Kier molecular flexibility index (Phi) is 6.22. The van der Waals surface area contributed by atoms with Crippen LogP contribution in [0.3, 0.4) is 0 Å². The summed E-state index contributed by atoms with van der Waals surface area (Å²) < 4.78 is 1.04. The van der Waals surface area contributed by atoms with Crippen molar-refractivity contribution in [2.75, 3.05) is 10.2 Å². The SMILES string of the molecule is CCCCc1ccc(NC2=C(Cl)C(=O)N(c3ccc(I)cc3C)C2=O)cc1. The molecule has 2 aromatic carbocycles. The maximum Gasteiger partial charge on any atom is 0.283 e. The first-order chi connectivity index (χ1) is 12.9. The summed E-state index contributed by atoms with van der Waals surface area (Å²) in [4.78, 5) is 26.6. The number of unbranched alkanes of at least 4 members (excludes halogenated alkanes) is 1. The molecule has 0 saturated heterocycles. The number of amides is 2. The molecule has 2 aromatic rings. The van der Waals surface area contributed by atoms with Crippen LogP contribution in [0.2, 0.25) is 0 Å². The molecule has 0 aliphatic carbocycles. The fourth-order valence-electron chi connectivity index (χ4n) is 2.98. The molecule has 1 aliphatic heterocycles. The number of nitrogens with one attached hydrogen (secondary N) is 1. The Bertz CT molecular complexity index is 922. The minimum absolute atomic E-state index is 0.0898. The third-order valence-corrected chi connectivity index (χ3v) is 5.49. The second-order valence-electron chi connectivity index (χ2n) is 6.49. The molecule has 1 heterocycles. The van der Waals surface area contributed by atoms with Gasteiger partial charge in [-0.1, -0.05) is 37.1 Å². The minimum atomic E-state index is -0.506. The molecule has 0 unspecified atom stereocenters. The Morgan fingerprint density at radius 1 is 1.07 bits per heavy atom. The Morgan fingerprint density at radius 3 is 2.41 bits per heavy atom. The summed E-state index contributed by atoms with van der Waals surface area (Å²) >= 11 is 8.40. The predicted octanol–water partition coefficient (Wildman–Crippen LogP) is 5.38. The van der Waals surface area contributed by atoms with Crippen LogP contribution < -0.4 is 10.2 Å². The van der Waals surface area contributed by atoms with Crippen LogP contribution in [0.4, 0.5) is 11.4 Å². The molecule has 140 valence electrons. The zero-order valence-corrected chi connectivity index (χ0v) is 18.1. The van der Waals surface area contributed by atoms with Crippen molar-refractivity contribution in [1.29, 1.82) is 0 Å². The van der Waals surface area contributed by atoms with Crippen molar-refractivity contribution in [2.45, 2.75) is 33.1 Å². The lowest BCUT2D eigenvalue weighted by Crippen LogP contribution is -2.32. The molecular weight excluding hydrogens is 475 g/mol. The normalized spacial score (nSPS) is 14.3. The van der Waals surface area contributed by atoms with Crippen LogP contribution in [-0.2, 0) is 16.0 Å². The largest absolute Gasteiger partial charge is 0.350 e. The van der Waals surface area contributed by atoms with Gasteiger partial charge >= 0.3 is 0 Å². The van der Waals surface area contributed by atoms with Crippen molar-refractivity contribution in [2.24, 2.45) is 0 Å². The highest BCUT2D eigenvalue weighted by atomic mass is 127. The Hall–Kier alpha value is -1.86. The highest BCUT2D eigenvalue weighted by Crippen LogP contribution is 2.32. The Balaban J connectivity index is 1.82. The van der Waals surface area contributed by atoms with Gasteiger partial charge in [-0.05, 0) is 83.8 Å². The van der Waals surface area contributed by atoms with Crippen molar-refractivity contribution < 1.29 is 9.59 Å². The molecule has 1 N–H and O–H groups in total. The van der Waals surface area contributed by atoms with E-state index in [-0.39, 0.29) is 10.7 Å². The van der Waals surface area contributed by atoms with Crippen LogP contribution in [-0.4, -0.2) is 11.8 Å². The third-order valence-electron chi connectivity index (χ3n) is 4.47. The van der Waals surface area contributed by atoms with Crippen molar-refractivity contribution in [3.8, 4) is 0 Å². The fourth-order valence-corrected chi connectivity index (χ4v) is 3.84. The van der Waals surface area contributed by atoms with Crippen LogP contribution in [0.25, 0.3) is 0 Å². The number of anilines is 2. The van der Waals surface area contributed by atoms with E-state index >= 15 is 0 Å². The molecule has 0 aromatic heterocycles. The topological polar surface area (TPSA) is 49.4 Å². The van der Waals surface area contributed by atoms with Crippen LogP contribution in [0, 0.1) is 10.5 Å². The fraction of sp³-hybridized carbons (Fsp3) is 0.238. The molecule has 0 saturated carbocycles. The van der Waals surface area contributed by atoms with Gasteiger partial charge in [0.2, 0.25) is 0 Å². The van der Waals surface area contributed by atoms with E-state index in [1.807, 2.05) is 43.3 Å². The monoisotopic (exact) mass is 494 g/mol. The van der Waals surface area contributed by atoms with Crippen molar-refractivity contribution >= 4 is 57.4 Å². The van der Waals surface area contributed by atoms with Crippen LogP contribution in [0.15, 0.2) is 53.2 Å². The first-order valence-electron chi connectivity index (χ1n) is 8.83. The summed E-state index contributed by atoms with van der Waals surface area (Å²) in [6.07, 6.45) is 3.31. The van der Waals surface area contributed by atoms with Crippen molar-refractivity contribution in [1.82, 2.24) is 0 Å². The van der Waals surface area contributed by atoms with E-state index in [0.717, 1.165) is 39.0 Å². The smallest absolute Gasteiger partial charge is 0.283 e. The number of benzene rings is 2. The summed E-state index contributed by atoms with van der Waals surface area (Å²) in [6, 6.07) is 13.4. The number of rotatable bonds is 6. The number of hydrogen-bond acceptors (Lipinski definition) is 3. The quantitative estimate of drug-likeness (QED) is 0.433. The first-order valence-corrected chi connectivity index (χ1v) is 10.3. The van der Waals surface area contributed by atoms with Crippen LogP contribution in [0.1, 0.15) is 30.9 Å². The molecule has 0 fully saturated rings. The molecule has 3 rings (SSSR count). The lowest BCUT2D eigenvalue weighted by molar-refractivity contribution is -0.120. The van der Waals surface area contributed by atoms with Gasteiger partial charge < -0.3 is 5.32 Å². The molecule has 1 aliphatic rings. The molecule has 4 nitrogen and oxygen atoms in total. The van der Waals surface area contributed by atoms with E-state index in [2.05, 4.69) is 34.8 Å². The molecule has 0 radical (unpaired) electrons. The van der Waals surface area contributed by atoms with E-state index in [4.69, 9.17) is 11.6 Å². The second-order valence-corrected chi connectivity index (χ2v) is 8.11. The highest BCUT2D eigenvalue weighted by Gasteiger charge is 2.39. The number of imide groups is 1. The summed E-state index contributed by atoms with van der Waals surface area (Å²) in [5.41, 5.74) is 3.48. The van der Waals surface area contributed by atoms with E-state index in [1.165, 1.54) is 5.56 Å². The third kappa shape index (κ3) is 4.19. The van der Waals surface area contributed by atoms with Gasteiger partial charge in [-0.3, -0.25) is 9.59 Å².